The van der Waals surface area contributed by atoms with Gasteiger partial charge in [0.1, 0.15) is 23.0 Å². The van der Waals surface area contributed by atoms with Gasteiger partial charge in [-0.05, 0) is 30.3 Å². The lowest BCUT2D eigenvalue weighted by Crippen LogP contribution is -2.15. The summed E-state index contributed by atoms with van der Waals surface area (Å²) >= 11 is 6.17. The molecule has 5 aromatic rings. The van der Waals surface area contributed by atoms with Crippen LogP contribution in [-0.4, -0.2) is 14.9 Å². The molecule has 0 saturated heterocycles. The monoisotopic (exact) mass is 491 g/mol. The number of hydrogen-bond donors (Lipinski definition) is 0. The van der Waals surface area contributed by atoms with Gasteiger partial charge in [-0.15, -0.1) is 0 Å². The van der Waals surface area contributed by atoms with E-state index in [1.165, 1.54) is 42.9 Å². The zero-order valence-corrected chi connectivity index (χ0v) is 17.5. The lowest BCUT2D eigenvalue weighted by Gasteiger charge is -2.13. The van der Waals surface area contributed by atoms with E-state index in [9.17, 15) is 22.0 Å². The van der Waals surface area contributed by atoms with E-state index >= 15 is 0 Å². The van der Waals surface area contributed by atoms with E-state index in [4.69, 9.17) is 20.5 Å². The number of alkyl halides is 3. The van der Waals surface area contributed by atoms with Crippen molar-refractivity contribution >= 4 is 11.6 Å². The molecule has 0 radical (unpaired) electrons. The standard InChI is InChI=1S/C23H11ClF5N3O2/c24-14-4-3-6-16(26)19(14)20-18(12-8-9-33-11-12)21(34-31-20)13-10-30-32(22(13)23(27,28)29)17-7-2-1-5-15(17)25/h1-11H. The van der Waals surface area contributed by atoms with Gasteiger partial charge in [0.2, 0.25) is 0 Å². The second kappa shape index (κ2) is 8.14. The number of benzene rings is 2. The molecule has 0 aliphatic carbocycles. The first-order valence-electron chi connectivity index (χ1n) is 9.64. The summed E-state index contributed by atoms with van der Waals surface area (Å²) in [5.74, 6) is -2.03. The summed E-state index contributed by atoms with van der Waals surface area (Å²) in [7, 11) is 0. The molecule has 11 heteroatoms. The maximum Gasteiger partial charge on any atom is 0.434 e. The van der Waals surface area contributed by atoms with Gasteiger partial charge in [0.25, 0.3) is 0 Å². The SMILES string of the molecule is Fc1ccccc1-n1ncc(-c2onc(-c3c(F)cccc3Cl)c2-c2ccoc2)c1C(F)(F)F. The van der Waals surface area contributed by atoms with Crippen molar-refractivity contribution in [1.29, 1.82) is 0 Å². The third-order valence-electron chi connectivity index (χ3n) is 5.06. The Balaban J connectivity index is 1.81. The first-order valence-corrected chi connectivity index (χ1v) is 10.0. The van der Waals surface area contributed by atoms with Gasteiger partial charge < -0.3 is 8.94 Å². The molecule has 3 aromatic heterocycles. The van der Waals surface area contributed by atoms with Gasteiger partial charge in [-0.25, -0.2) is 13.5 Å². The van der Waals surface area contributed by atoms with Crippen LogP contribution in [0.1, 0.15) is 5.69 Å². The largest absolute Gasteiger partial charge is 0.472 e. The van der Waals surface area contributed by atoms with Crippen LogP contribution < -0.4 is 0 Å². The Bertz CT molecular complexity index is 1470. The minimum absolute atomic E-state index is 0.000617. The molecular formula is C23H11ClF5N3O2. The molecule has 0 unspecified atom stereocenters. The normalized spacial score (nSPS) is 11.8. The molecule has 5 rings (SSSR count). The zero-order valence-electron chi connectivity index (χ0n) is 16.8. The van der Waals surface area contributed by atoms with E-state index in [-0.39, 0.29) is 33.2 Å². The topological polar surface area (TPSA) is 57.0 Å². The molecule has 2 aromatic carbocycles. The predicted octanol–water partition coefficient (Wildman–Crippen LogP) is 7.40. The number of hydrogen-bond acceptors (Lipinski definition) is 4. The summed E-state index contributed by atoms with van der Waals surface area (Å²) in [4.78, 5) is 0. The van der Waals surface area contributed by atoms with Crippen LogP contribution in [0.25, 0.3) is 39.4 Å². The van der Waals surface area contributed by atoms with Crippen LogP contribution in [0.15, 0.2) is 76.2 Å². The molecular weight excluding hydrogens is 481 g/mol. The highest BCUT2D eigenvalue weighted by Gasteiger charge is 2.41. The van der Waals surface area contributed by atoms with E-state index in [1.54, 1.807) is 0 Å². The third kappa shape index (κ3) is 3.56. The fourth-order valence-electron chi connectivity index (χ4n) is 3.64. The van der Waals surface area contributed by atoms with Crippen molar-refractivity contribution < 1.29 is 30.9 Å². The van der Waals surface area contributed by atoms with Crippen LogP contribution in [0.4, 0.5) is 22.0 Å². The smallest absolute Gasteiger partial charge is 0.434 e. The summed E-state index contributed by atoms with van der Waals surface area (Å²) in [6.45, 7) is 0. The van der Waals surface area contributed by atoms with E-state index in [2.05, 4.69) is 10.3 Å². The van der Waals surface area contributed by atoms with Crippen molar-refractivity contribution in [2.24, 2.45) is 0 Å². The molecule has 0 N–H and O–H groups in total. The van der Waals surface area contributed by atoms with E-state index in [0.717, 1.165) is 24.4 Å². The summed E-state index contributed by atoms with van der Waals surface area (Å²) in [5.41, 5.74) is -2.28. The fraction of sp³-hybridized carbons (Fsp3) is 0.0435. The third-order valence-corrected chi connectivity index (χ3v) is 5.38. The van der Waals surface area contributed by atoms with Gasteiger partial charge in [-0.3, -0.25) is 0 Å². The van der Waals surface area contributed by atoms with E-state index < -0.39 is 34.8 Å². The molecule has 3 heterocycles. The first kappa shape index (κ1) is 21.9. The zero-order chi connectivity index (χ0) is 24.0. The summed E-state index contributed by atoms with van der Waals surface area (Å²) in [6.07, 6.45) is -1.56. The molecule has 0 saturated carbocycles. The number of furan rings is 1. The molecule has 0 amide bonds. The number of halogens is 6. The van der Waals surface area contributed by atoms with E-state index in [1.807, 2.05) is 0 Å². The Morgan fingerprint density at radius 3 is 2.35 bits per heavy atom. The van der Waals surface area contributed by atoms with Crippen LogP contribution in [0, 0.1) is 11.6 Å². The number of rotatable bonds is 4. The molecule has 5 nitrogen and oxygen atoms in total. The Hall–Kier alpha value is -3.92. The summed E-state index contributed by atoms with van der Waals surface area (Å²) in [6, 6.07) is 10.3. The summed E-state index contributed by atoms with van der Waals surface area (Å²) in [5, 5.41) is 7.59. The van der Waals surface area contributed by atoms with Crippen molar-refractivity contribution in [2.75, 3.05) is 0 Å². The maximum absolute atomic E-state index is 14.7. The van der Waals surface area contributed by atoms with Gasteiger partial charge in [0.05, 0.1) is 40.4 Å². The minimum atomic E-state index is -4.97. The van der Waals surface area contributed by atoms with Crippen molar-refractivity contribution in [1.82, 2.24) is 14.9 Å². The Morgan fingerprint density at radius 2 is 1.68 bits per heavy atom. The highest BCUT2D eigenvalue weighted by molar-refractivity contribution is 6.33. The van der Waals surface area contributed by atoms with Crippen LogP contribution in [0.3, 0.4) is 0 Å². The second-order valence-corrected chi connectivity index (χ2v) is 7.52. The van der Waals surface area contributed by atoms with Gasteiger partial charge in [0, 0.05) is 5.56 Å². The molecule has 0 aliphatic rings. The highest BCUT2D eigenvalue weighted by atomic mass is 35.5. The Morgan fingerprint density at radius 1 is 0.912 bits per heavy atom. The average molecular weight is 492 g/mol. The molecule has 0 spiro atoms. The molecule has 0 atom stereocenters. The van der Waals surface area contributed by atoms with Crippen molar-refractivity contribution in [2.45, 2.75) is 6.18 Å². The predicted molar refractivity (Wildman–Crippen MR) is 112 cm³/mol. The highest BCUT2D eigenvalue weighted by Crippen LogP contribution is 2.46. The van der Waals surface area contributed by atoms with Crippen LogP contribution in [0.2, 0.25) is 5.02 Å². The van der Waals surface area contributed by atoms with Gasteiger partial charge in [-0.1, -0.05) is 35.0 Å². The molecule has 172 valence electrons. The fourth-order valence-corrected chi connectivity index (χ4v) is 3.89. The minimum Gasteiger partial charge on any atom is -0.472 e. The van der Waals surface area contributed by atoms with Crippen molar-refractivity contribution in [3.05, 3.63) is 89.6 Å². The molecule has 0 bridgehead atoms. The first-order chi connectivity index (χ1) is 16.3. The number of para-hydroxylation sites is 1. The average Bonchev–Trinajstić information content (AvgIpc) is 3.52. The Labute approximate surface area is 193 Å². The lowest BCUT2D eigenvalue weighted by atomic mass is 9.98. The van der Waals surface area contributed by atoms with Gasteiger partial charge in [-0.2, -0.15) is 18.3 Å². The van der Waals surface area contributed by atoms with Gasteiger partial charge in [0.15, 0.2) is 11.5 Å². The number of nitrogens with zero attached hydrogens (tertiary/aromatic N) is 3. The lowest BCUT2D eigenvalue weighted by molar-refractivity contribution is -0.142. The second-order valence-electron chi connectivity index (χ2n) is 7.11. The van der Waals surface area contributed by atoms with Crippen LogP contribution >= 0.6 is 11.6 Å². The van der Waals surface area contributed by atoms with Crippen molar-refractivity contribution in [3.63, 3.8) is 0 Å². The quantitative estimate of drug-likeness (QED) is 0.246. The van der Waals surface area contributed by atoms with Crippen LogP contribution in [0.5, 0.6) is 0 Å². The molecule has 0 fully saturated rings. The summed E-state index contributed by atoms with van der Waals surface area (Å²) < 4.78 is 82.6. The molecule has 34 heavy (non-hydrogen) atoms. The van der Waals surface area contributed by atoms with Crippen molar-refractivity contribution in [3.8, 4) is 39.4 Å². The Kier molecular flexibility index (Phi) is 5.24. The number of aromatic nitrogens is 3. The molecule has 0 aliphatic heterocycles. The van der Waals surface area contributed by atoms with Gasteiger partial charge >= 0.3 is 6.18 Å². The van der Waals surface area contributed by atoms with Crippen LogP contribution in [-0.2, 0) is 6.18 Å². The van der Waals surface area contributed by atoms with E-state index in [0.29, 0.717) is 4.68 Å². The maximum atomic E-state index is 14.7.